The Morgan fingerprint density at radius 2 is 1.90 bits per heavy atom. The van der Waals surface area contributed by atoms with E-state index in [4.69, 9.17) is 26.1 Å². The summed E-state index contributed by atoms with van der Waals surface area (Å²) in [5, 5.41) is 25.2. The first-order valence-electron chi connectivity index (χ1n) is 14.2. The smallest absolute Gasteiger partial charge is 0.335 e. The van der Waals surface area contributed by atoms with E-state index in [1.54, 1.807) is 0 Å². The largest absolute Gasteiger partial charge is 0.388 e. The molecule has 3 heterocycles. The van der Waals surface area contributed by atoms with Crippen molar-refractivity contribution < 1.29 is 38.8 Å². The SMILES string of the molecule is CCC[C@@H]1C[C@]2(C)CCC[C@](Nc3nc(Cl)nc4c3ncn4[C@@H]3O[C@H](CCP(=O)(O)CP(=O)(O)O)C(O)C3O)(C1)C2. The number of hydrogen-bond acceptors (Lipinski definition) is 9. The monoisotopic (exact) mass is 635 g/mol. The third-order valence-electron chi connectivity index (χ3n) is 8.92. The topological polar surface area (TPSA) is 200 Å². The molecule has 8 atom stereocenters. The minimum Gasteiger partial charge on any atom is -0.388 e. The molecule has 1 saturated heterocycles. The lowest BCUT2D eigenvalue weighted by Crippen LogP contribution is -2.52. The molecule has 2 bridgehead atoms. The van der Waals surface area contributed by atoms with Crippen LogP contribution < -0.4 is 5.32 Å². The van der Waals surface area contributed by atoms with Crippen molar-refractivity contribution in [3.63, 3.8) is 0 Å². The summed E-state index contributed by atoms with van der Waals surface area (Å²) >= 11 is 6.38. The van der Waals surface area contributed by atoms with Crippen LogP contribution in [-0.2, 0) is 13.9 Å². The summed E-state index contributed by atoms with van der Waals surface area (Å²) in [4.78, 5) is 41.5. The van der Waals surface area contributed by atoms with Crippen molar-refractivity contribution in [3.05, 3.63) is 11.6 Å². The van der Waals surface area contributed by atoms with Crippen LogP contribution in [0.3, 0.4) is 0 Å². The van der Waals surface area contributed by atoms with Gasteiger partial charge in [0.05, 0.1) is 12.4 Å². The molecule has 0 spiro atoms. The number of fused-ring (bicyclic) bond motifs is 3. The molecule has 41 heavy (non-hydrogen) atoms. The van der Waals surface area contributed by atoms with Crippen molar-refractivity contribution in [3.8, 4) is 0 Å². The van der Waals surface area contributed by atoms with Gasteiger partial charge in [0.1, 0.15) is 18.1 Å². The van der Waals surface area contributed by atoms with Gasteiger partial charge in [-0.1, -0.05) is 33.1 Å². The van der Waals surface area contributed by atoms with Gasteiger partial charge >= 0.3 is 7.60 Å². The average Bonchev–Trinajstić information content (AvgIpc) is 3.36. The molecule has 2 aromatic rings. The number of hydrogen-bond donors (Lipinski definition) is 6. The molecule has 2 saturated carbocycles. The first kappa shape index (κ1) is 31.3. The van der Waals surface area contributed by atoms with Crippen LogP contribution in [0.15, 0.2) is 6.33 Å². The maximum Gasteiger partial charge on any atom is 0.335 e. The van der Waals surface area contributed by atoms with Crippen LogP contribution in [-0.4, -0.2) is 80.3 Å². The quantitative estimate of drug-likeness (QED) is 0.163. The minimum absolute atomic E-state index is 0.0131. The number of rotatable bonds is 10. The van der Waals surface area contributed by atoms with Gasteiger partial charge in [0.2, 0.25) is 12.7 Å². The summed E-state index contributed by atoms with van der Waals surface area (Å²) in [5.41, 5.74) is 0.865. The molecule has 0 amide bonds. The van der Waals surface area contributed by atoms with Gasteiger partial charge in [0.25, 0.3) is 0 Å². The molecule has 2 aliphatic carbocycles. The molecule has 6 N–H and O–H groups in total. The summed E-state index contributed by atoms with van der Waals surface area (Å²) in [6.45, 7) is 4.60. The Balaban J connectivity index is 1.38. The normalized spacial score (nSPS) is 35.5. The summed E-state index contributed by atoms with van der Waals surface area (Å²) in [5.74, 6) is -0.0388. The highest BCUT2D eigenvalue weighted by Gasteiger charge is 2.49. The fourth-order valence-electron chi connectivity index (χ4n) is 7.59. The lowest BCUT2D eigenvalue weighted by molar-refractivity contribution is -0.0354. The molecule has 0 radical (unpaired) electrons. The highest BCUT2D eigenvalue weighted by atomic mass is 35.5. The van der Waals surface area contributed by atoms with Gasteiger partial charge in [0.15, 0.2) is 23.2 Å². The number of aliphatic hydroxyl groups is 2. The maximum absolute atomic E-state index is 12.3. The van der Waals surface area contributed by atoms with Gasteiger partial charge in [-0.15, -0.1) is 0 Å². The van der Waals surface area contributed by atoms with Crippen LogP contribution in [0.1, 0.15) is 77.9 Å². The van der Waals surface area contributed by atoms with Crippen molar-refractivity contribution in [1.82, 2.24) is 19.5 Å². The van der Waals surface area contributed by atoms with Gasteiger partial charge in [-0.05, 0) is 61.5 Å². The van der Waals surface area contributed by atoms with Crippen LogP contribution >= 0.6 is 26.6 Å². The molecule has 16 heteroatoms. The Kier molecular flexibility index (Phi) is 8.71. The van der Waals surface area contributed by atoms with Gasteiger partial charge < -0.3 is 34.9 Å². The van der Waals surface area contributed by atoms with Gasteiger partial charge in [-0.2, -0.15) is 9.97 Å². The van der Waals surface area contributed by atoms with E-state index in [0.29, 0.717) is 22.9 Å². The van der Waals surface area contributed by atoms with Gasteiger partial charge in [0, 0.05) is 11.7 Å². The van der Waals surface area contributed by atoms with Crippen molar-refractivity contribution in [2.24, 2.45) is 11.3 Å². The van der Waals surface area contributed by atoms with E-state index in [1.807, 2.05) is 0 Å². The van der Waals surface area contributed by atoms with Crippen LogP contribution in [0.4, 0.5) is 5.82 Å². The van der Waals surface area contributed by atoms with Gasteiger partial charge in [-0.3, -0.25) is 13.7 Å². The molecule has 5 rings (SSSR count). The second-order valence-electron chi connectivity index (χ2n) is 12.7. The minimum atomic E-state index is -4.71. The van der Waals surface area contributed by atoms with Crippen molar-refractivity contribution in [1.29, 1.82) is 0 Å². The van der Waals surface area contributed by atoms with E-state index in [-0.39, 0.29) is 22.7 Å². The number of halogens is 1. The Morgan fingerprint density at radius 3 is 2.61 bits per heavy atom. The van der Waals surface area contributed by atoms with Crippen LogP contribution in [0.25, 0.3) is 11.2 Å². The second kappa shape index (κ2) is 11.4. The number of aromatic nitrogens is 4. The number of nitrogens with zero attached hydrogens (tertiary/aromatic N) is 4. The Hall–Kier alpha value is -1.14. The lowest BCUT2D eigenvalue weighted by atomic mass is 9.56. The number of aliphatic hydroxyl groups excluding tert-OH is 2. The summed E-state index contributed by atoms with van der Waals surface area (Å²) in [6, 6.07) is 0. The lowest BCUT2D eigenvalue weighted by Gasteiger charge is -2.54. The number of anilines is 1. The van der Waals surface area contributed by atoms with E-state index in [2.05, 4.69) is 34.1 Å². The average molecular weight is 636 g/mol. The zero-order valence-corrected chi connectivity index (χ0v) is 25.8. The third kappa shape index (κ3) is 6.84. The van der Waals surface area contributed by atoms with Crippen molar-refractivity contribution in [2.45, 2.75) is 102 Å². The fraction of sp³-hybridized carbons (Fsp3) is 0.800. The molecule has 3 fully saturated rings. The molecule has 3 aliphatic rings. The number of ether oxygens (including phenoxy) is 1. The van der Waals surface area contributed by atoms with Gasteiger partial charge in [-0.25, -0.2) is 4.98 Å². The third-order valence-corrected chi connectivity index (χ3v) is 13.3. The maximum atomic E-state index is 12.3. The Morgan fingerprint density at radius 1 is 1.15 bits per heavy atom. The standard InChI is InChI=1S/C25H40ClN5O8P2/c1-3-5-15-10-24(2)7-4-8-25(11-15,12-24)30-20-17-21(29-23(26)28-20)31(13-27-17)22-19(33)18(32)16(39-22)6-9-40(34,35)14-41(36,37)38/h13,15-16,18-19,22,32-33H,3-12,14H2,1-2H3,(H,34,35)(H,28,29,30)(H2,36,37,38)/t15-,16-,18?,19?,22-,24+,25+/m1/s1. The van der Waals surface area contributed by atoms with E-state index < -0.39 is 51.6 Å². The summed E-state index contributed by atoms with van der Waals surface area (Å²) < 4.78 is 30.8. The molecule has 0 aromatic carbocycles. The molecular weight excluding hydrogens is 596 g/mol. The highest BCUT2D eigenvalue weighted by molar-refractivity contribution is 7.72. The van der Waals surface area contributed by atoms with E-state index in [1.165, 1.54) is 30.2 Å². The molecule has 3 unspecified atom stereocenters. The fourth-order valence-corrected chi connectivity index (χ4v) is 11.3. The predicted octanol–water partition coefficient (Wildman–Crippen LogP) is 3.84. The molecule has 13 nitrogen and oxygen atoms in total. The first-order chi connectivity index (χ1) is 19.1. The van der Waals surface area contributed by atoms with E-state index >= 15 is 0 Å². The van der Waals surface area contributed by atoms with E-state index in [0.717, 1.165) is 32.1 Å². The molecule has 2 aromatic heterocycles. The molecule has 1 aliphatic heterocycles. The molecular formula is C25H40ClN5O8P2. The Bertz CT molecular complexity index is 1370. The molecule has 230 valence electrons. The van der Waals surface area contributed by atoms with Crippen molar-refractivity contribution in [2.75, 3.05) is 17.4 Å². The first-order valence-corrected chi connectivity index (χ1v) is 18.4. The summed E-state index contributed by atoms with van der Waals surface area (Å²) in [7, 11) is -8.89. The number of imidazole rings is 1. The van der Waals surface area contributed by atoms with Crippen LogP contribution in [0.5, 0.6) is 0 Å². The van der Waals surface area contributed by atoms with Crippen LogP contribution in [0.2, 0.25) is 5.28 Å². The zero-order chi connectivity index (χ0) is 29.8. The zero-order valence-electron chi connectivity index (χ0n) is 23.3. The van der Waals surface area contributed by atoms with E-state index in [9.17, 15) is 24.2 Å². The number of nitrogens with one attached hydrogen (secondary N) is 1. The highest BCUT2D eigenvalue weighted by Crippen LogP contribution is 2.56. The predicted molar refractivity (Wildman–Crippen MR) is 153 cm³/mol. The second-order valence-corrected chi connectivity index (χ2v) is 17.6. The van der Waals surface area contributed by atoms with Crippen molar-refractivity contribution >= 4 is 43.5 Å². The summed E-state index contributed by atoms with van der Waals surface area (Å²) in [6.07, 6.45) is 4.66. The Labute approximate surface area is 243 Å². The van der Waals surface area contributed by atoms with Crippen LogP contribution in [0, 0.1) is 11.3 Å².